The fourth-order valence-corrected chi connectivity index (χ4v) is 23.5. The highest BCUT2D eigenvalue weighted by Gasteiger charge is 2.56. The third kappa shape index (κ3) is 15.4. The van der Waals surface area contributed by atoms with Gasteiger partial charge in [0.15, 0.2) is 0 Å². The summed E-state index contributed by atoms with van der Waals surface area (Å²) in [4.78, 5) is 0. The second kappa shape index (κ2) is 20.5. The summed E-state index contributed by atoms with van der Waals surface area (Å²) in [6, 6.07) is 2.85. The van der Waals surface area contributed by atoms with Gasteiger partial charge in [-0.15, -0.1) is 0 Å². The minimum atomic E-state index is -3.09. The normalized spacial score (nSPS) is 18.6. The van der Waals surface area contributed by atoms with Crippen LogP contribution >= 0.6 is 0 Å². The van der Waals surface area contributed by atoms with Crippen LogP contribution in [-0.4, -0.2) is 96.8 Å². The molecule has 0 fully saturated rings. The Morgan fingerprint density at radius 3 is 0.780 bits per heavy atom. The summed E-state index contributed by atoms with van der Waals surface area (Å²) in [7, 11) is -11.8. The van der Waals surface area contributed by atoms with Crippen molar-refractivity contribution < 1.29 is 40.1 Å². The van der Waals surface area contributed by atoms with Gasteiger partial charge in [-0.05, 0) is 93.4 Å². The van der Waals surface area contributed by atoms with Crippen LogP contribution in [0.3, 0.4) is 0 Å². The summed E-state index contributed by atoms with van der Waals surface area (Å²) in [5.41, 5.74) is 0. The Balaban J connectivity index is 6.93. The van der Waals surface area contributed by atoms with Gasteiger partial charge in [0, 0.05) is 13.2 Å². The molecule has 0 N–H and O–H groups in total. The van der Waals surface area contributed by atoms with Gasteiger partial charge >= 0.3 is 34.2 Å². The van der Waals surface area contributed by atoms with Crippen molar-refractivity contribution in [2.45, 2.75) is 146 Å². The van der Waals surface area contributed by atoms with Gasteiger partial charge in [0.1, 0.15) is 0 Å². The largest absolute Gasteiger partial charge is 0.413 e. The minimum Gasteiger partial charge on any atom is -0.413 e. The zero-order chi connectivity index (χ0) is 31.7. The first-order chi connectivity index (χ1) is 19.2. The number of ether oxygens (including phenoxy) is 4. The van der Waals surface area contributed by atoms with E-state index in [4.69, 9.17) is 40.1 Å². The predicted octanol–water partition coefficient (Wildman–Crippen LogP) is 6.81. The minimum absolute atomic E-state index is 0.0230. The molecule has 0 aromatic heterocycles. The van der Waals surface area contributed by atoms with E-state index in [0.717, 1.165) is 12.1 Å². The second-order valence-electron chi connectivity index (χ2n) is 11.7. The quantitative estimate of drug-likeness (QED) is 0.0931. The molecule has 4 unspecified atom stereocenters. The molecule has 0 aromatic rings. The topological polar surface area (TPSA) is 83.1 Å². The van der Waals surface area contributed by atoms with Crippen molar-refractivity contribution in [1.29, 1.82) is 0 Å². The highest BCUT2D eigenvalue weighted by Crippen LogP contribution is 2.33. The van der Waals surface area contributed by atoms with Crippen LogP contribution in [0.15, 0.2) is 0 Å². The van der Waals surface area contributed by atoms with E-state index in [1.807, 2.05) is 69.2 Å². The maximum atomic E-state index is 7.43. The SMILES string of the molecule is CCO[Si](CC)(COC(C)C)O[Si](CC)(COC(C)C)O[Si](CC)(COC(C)C)O[Si](CC)(COC(C)C)OCC. The lowest BCUT2D eigenvalue weighted by atomic mass is 10.5. The molecule has 0 amide bonds. The van der Waals surface area contributed by atoms with Gasteiger partial charge in [0.05, 0.1) is 49.3 Å². The van der Waals surface area contributed by atoms with Crippen LogP contribution in [0.4, 0.5) is 0 Å². The Hall–Kier alpha value is 0.508. The Morgan fingerprint density at radius 1 is 0.366 bits per heavy atom. The maximum absolute atomic E-state index is 7.43. The van der Waals surface area contributed by atoms with Crippen molar-refractivity contribution in [1.82, 2.24) is 0 Å². The molecular weight excluding hydrogens is 593 g/mol. The molecule has 0 saturated carbocycles. The average Bonchev–Trinajstić information content (AvgIpc) is 2.92. The van der Waals surface area contributed by atoms with Gasteiger partial charge < -0.3 is 40.1 Å². The van der Waals surface area contributed by atoms with E-state index in [2.05, 4.69) is 27.7 Å². The molecule has 0 aliphatic carbocycles. The van der Waals surface area contributed by atoms with E-state index in [9.17, 15) is 0 Å². The van der Waals surface area contributed by atoms with Gasteiger partial charge in [0.2, 0.25) is 0 Å². The molecule has 0 aliphatic rings. The average molecular weight is 659 g/mol. The van der Waals surface area contributed by atoms with E-state index >= 15 is 0 Å². The van der Waals surface area contributed by atoms with Gasteiger partial charge in [-0.3, -0.25) is 0 Å². The third-order valence-corrected chi connectivity index (χ3v) is 23.9. The molecule has 0 aromatic carbocycles. The fourth-order valence-electron chi connectivity index (χ4n) is 4.12. The van der Waals surface area contributed by atoms with E-state index in [-0.39, 0.29) is 24.4 Å². The maximum Gasteiger partial charge on any atom is 0.355 e. The number of hydrogen-bond acceptors (Lipinski definition) is 9. The predicted molar refractivity (Wildman–Crippen MR) is 176 cm³/mol. The van der Waals surface area contributed by atoms with Gasteiger partial charge in [-0.1, -0.05) is 27.7 Å². The van der Waals surface area contributed by atoms with Crippen molar-refractivity contribution in [3.05, 3.63) is 0 Å². The van der Waals surface area contributed by atoms with Gasteiger partial charge in [-0.25, -0.2) is 0 Å². The fraction of sp³-hybridized carbons (Fsp3) is 1.00. The Kier molecular flexibility index (Phi) is 20.8. The molecule has 0 spiro atoms. The molecule has 41 heavy (non-hydrogen) atoms. The highest BCUT2D eigenvalue weighted by molar-refractivity contribution is 6.89. The van der Waals surface area contributed by atoms with Gasteiger partial charge in [-0.2, -0.15) is 0 Å². The highest BCUT2D eigenvalue weighted by atomic mass is 28.5. The molecule has 0 radical (unpaired) electrons. The lowest BCUT2D eigenvalue weighted by Gasteiger charge is -2.47. The first-order valence-electron chi connectivity index (χ1n) is 16.0. The van der Waals surface area contributed by atoms with Crippen molar-refractivity contribution in [2.24, 2.45) is 0 Å². The second-order valence-corrected chi connectivity index (χ2v) is 26.0. The van der Waals surface area contributed by atoms with Crippen LogP contribution in [0.1, 0.15) is 96.9 Å². The smallest absolute Gasteiger partial charge is 0.355 e. The number of rotatable bonds is 26. The molecule has 13 heteroatoms. The summed E-state index contributed by atoms with van der Waals surface area (Å²) in [5.74, 6) is 0. The Bertz CT molecular complexity index is 622. The molecule has 4 atom stereocenters. The zero-order valence-corrected chi connectivity index (χ0v) is 33.1. The van der Waals surface area contributed by atoms with Crippen LogP contribution in [0.25, 0.3) is 0 Å². The summed E-state index contributed by atoms with van der Waals surface area (Å²) in [6.45, 7) is 30.0. The van der Waals surface area contributed by atoms with E-state index in [0.29, 0.717) is 50.2 Å². The first-order valence-corrected chi connectivity index (χ1v) is 24.9. The van der Waals surface area contributed by atoms with Crippen LogP contribution in [0.2, 0.25) is 24.2 Å². The first kappa shape index (κ1) is 41.5. The molecule has 9 nitrogen and oxygen atoms in total. The Morgan fingerprint density at radius 2 is 0.585 bits per heavy atom. The van der Waals surface area contributed by atoms with Crippen molar-refractivity contribution in [3.63, 3.8) is 0 Å². The molecule has 0 heterocycles. The molecule has 0 bridgehead atoms. The molecule has 248 valence electrons. The number of hydrogen-bond donors (Lipinski definition) is 0. The Labute approximate surface area is 257 Å². The van der Waals surface area contributed by atoms with Gasteiger partial charge in [0.25, 0.3) is 0 Å². The van der Waals surface area contributed by atoms with E-state index in [1.54, 1.807) is 0 Å². The van der Waals surface area contributed by atoms with Crippen molar-refractivity contribution in [2.75, 3.05) is 38.1 Å². The molecule has 0 rings (SSSR count). The summed E-state index contributed by atoms with van der Waals surface area (Å²) >= 11 is 0. The van der Waals surface area contributed by atoms with Crippen LogP contribution in [-0.2, 0) is 40.1 Å². The van der Waals surface area contributed by atoms with Crippen molar-refractivity contribution in [3.8, 4) is 0 Å². The lowest BCUT2D eigenvalue weighted by Crippen LogP contribution is -2.68. The van der Waals surface area contributed by atoms with Crippen LogP contribution < -0.4 is 0 Å². The lowest BCUT2D eigenvalue weighted by molar-refractivity contribution is 0.0550. The van der Waals surface area contributed by atoms with E-state index in [1.165, 1.54) is 0 Å². The summed E-state index contributed by atoms with van der Waals surface area (Å²) < 4.78 is 59.8. The van der Waals surface area contributed by atoms with Crippen molar-refractivity contribution >= 4 is 34.2 Å². The summed E-state index contributed by atoms with van der Waals surface area (Å²) in [6.07, 6.45) is 1.81. The van der Waals surface area contributed by atoms with Crippen LogP contribution in [0, 0.1) is 0 Å². The molecule has 0 saturated heterocycles. The van der Waals surface area contributed by atoms with E-state index < -0.39 is 34.2 Å². The standard InChI is InChI=1S/C28H66O9Si4/c1-15-33-38(17-3,21-29-25(7)8)35-40(19-5,23-31-27(11)12)37-41(20-6,24-32-28(13)14)36-39(18-4,34-16-2)22-30-26(9)10/h25-28H,15-24H2,1-14H3. The zero-order valence-electron chi connectivity index (χ0n) is 29.1. The van der Waals surface area contributed by atoms with Crippen LogP contribution in [0.5, 0.6) is 0 Å². The third-order valence-electron chi connectivity index (χ3n) is 6.63. The molecule has 0 aliphatic heterocycles. The molecular formula is C28H66O9Si4. The summed E-state index contributed by atoms with van der Waals surface area (Å²) in [5, 5.41) is 0. The monoisotopic (exact) mass is 658 g/mol.